The van der Waals surface area contributed by atoms with Crippen LogP contribution in [0.5, 0.6) is 0 Å². The molecule has 2 aromatic carbocycles. The lowest BCUT2D eigenvalue weighted by atomic mass is 9.90. The molecule has 1 saturated heterocycles. The lowest BCUT2D eigenvalue weighted by molar-refractivity contribution is 0.0538. The van der Waals surface area contributed by atoms with Gasteiger partial charge in [0.05, 0.1) is 24.0 Å². The summed E-state index contributed by atoms with van der Waals surface area (Å²) in [6.07, 6.45) is 4.32. The summed E-state index contributed by atoms with van der Waals surface area (Å²) in [5.41, 5.74) is 0.436. The number of carbonyl (C=O) groups is 1. The number of oxazole rings is 1. The fourth-order valence-electron chi connectivity index (χ4n) is 4.40. The maximum atomic E-state index is 14.7. The summed E-state index contributed by atoms with van der Waals surface area (Å²) in [6, 6.07) is 5.65. The lowest BCUT2D eigenvalue weighted by Gasteiger charge is -2.40. The van der Waals surface area contributed by atoms with Crippen molar-refractivity contribution < 1.29 is 22.4 Å². The van der Waals surface area contributed by atoms with E-state index in [0.717, 1.165) is 23.7 Å². The largest absolute Gasteiger partial charge is 0.423 e. The Bertz CT molecular complexity index is 1340. The van der Waals surface area contributed by atoms with E-state index in [4.69, 9.17) is 4.42 Å². The monoisotopic (exact) mass is 470 g/mol. The van der Waals surface area contributed by atoms with Gasteiger partial charge in [-0.05, 0) is 37.0 Å². The first kappa shape index (κ1) is 21.9. The Kier molecular flexibility index (Phi) is 5.68. The van der Waals surface area contributed by atoms with Crippen molar-refractivity contribution >= 4 is 23.0 Å². The van der Waals surface area contributed by atoms with Crippen LogP contribution in [0.15, 0.2) is 47.1 Å². The normalized spacial score (nSPS) is 18.4. The van der Waals surface area contributed by atoms with Gasteiger partial charge >= 0.3 is 0 Å². The van der Waals surface area contributed by atoms with Gasteiger partial charge < -0.3 is 14.6 Å². The van der Waals surface area contributed by atoms with E-state index in [2.05, 4.69) is 20.5 Å². The van der Waals surface area contributed by atoms with Gasteiger partial charge in [-0.1, -0.05) is 6.92 Å². The van der Waals surface area contributed by atoms with Crippen molar-refractivity contribution in [3.8, 4) is 5.69 Å². The first-order chi connectivity index (χ1) is 16.4. The maximum absolute atomic E-state index is 14.7. The molecule has 1 aliphatic heterocycles. The van der Waals surface area contributed by atoms with Crippen LogP contribution in [0.4, 0.5) is 19.2 Å². The zero-order valence-corrected chi connectivity index (χ0v) is 18.2. The summed E-state index contributed by atoms with van der Waals surface area (Å²) < 4.78 is 47.9. The smallest absolute Gasteiger partial charge is 0.295 e. The van der Waals surface area contributed by atoms with Crippen LogP contribution in [0, 0.1) is 23.4 Å². The molecule has 1 N–H and O–H groups in total. The van der Waals surface area contributed by atoms with Gasteiger partial charge in [0.15, 0.2) is 11.4 Å². The maximum Gasteiger partial charge on any atom is 0.295 e. The molecule has 0 radical (unpaired) electrons. The highest BCUT2D eigenvalue weighted by Crippen LogP contribution is 2.29. The third-order valence-corrected chi connectivity index (χ3v) is 6.07. The minimum atomic E-state index is -0.932. The van der Waals surface area contributed by atoms with E-state index in [0.29, 0.717) is 23.7 Å². The summed E-state index contributed by atoms with van der Waals surface area (Å²) in [7, 11) is 0. The highest BCUT2D eigenvalue weighted by molar-refractivity contribution is 5.98. The van der Waals surface area contributed by atoms with Crippen LogP contribution in [-0.2, 0) is 0 Å². The second-order valence-corrected chi connectivity index (χ2v) is 8.30. The zero-order valence-electron chi connectivity index (χ0n) is 18.2. The van der Waals surface area contributed by atoms with Crippen molar-refractivity contribution in [2.75, 3.05) is 18.4 Å². The molecular weight excluding hydrogens is 449 g/mol. The van der Waals surface area contributed by atoms with Crippen molar-refractivity contribution in [3.63, 3.8) is 0 Å². The van der Waals surface area contributed by atoms with E-state index in [-0.39, 0.29) is 35.8 Å². The van der Waals surface area contributed by atoms with Gasteiger partial charge in [-0.15, -0.1) is 4.80 Å². The first-order valence-electron chi connectivity index (χ1n) is 10.9. The number of benzene rings is 2. The second-order valence-electron chi connectivity index (χ2n) is 8.30. The summed E-state index contributed by atoms with van der Waals surface area (Å²) in [5.74, 6) is -2.66. The predicted octanol–water partition coefficient (Wildman–Crippen LogP) is 4.18. The van der Waals surface area contributed by atoms with Crippen LogP contribution in [0.2, 0.25) is 0 Å². The van der Waals surface area contributed by atoms with Crippen LogP contribution >= 0.6 is 0 Å². The number of nitrogens with one attached hydrogen (secondary N) is 1. The average Bonchev–Trinajstić information content (AvgIpc) is 3.46. The number of amides is 1. The van der Waals surface area contributed by atoms with Gasteiger partial charge in [-0.3, -0.25) is 4.79 Å². The van der Waals surface area contributed by atoms with E-state index in [1.165, 1.54) is 30.6 Å². The number of carbonyl (C=O) groups excluding carboxylic acids is 1. The number of aromatic nitrogens is 4. The third-order valence-electron chi connectivity index (χ3n) is 6.07. The van der Waals surface area contributed by atoms with Gasteiger partial charge in [0.25, 0.3) is 11.9 Å². The van der Waals surface area contributed by atoms with E-state index in [1.807, 2.05) is 6.92 Å². The van der Waals surface area contributed by atoms with Crippen LogP contribution < -0.4 is 5.32 Å². The second kappa shape index (κ2) is 8.81. The molecule has 8 nitrogen and oxygen atoms in total. The molecule has 11 heteroatoms. The lowest BCUT2D eigenvalue weighted by Crippen LogP contribution is -2.51. The Labute approximate surface area is 192 Å². The Morgan fingerprint density at radius 3 is 2.74 bits per heavy atom. The number of likely N-dealkylation sites (tertiary alicyclic amines) is 1. The van der Waals surface area contributed by atoms with Crippen molar-refractivity contribution in [2.24, 2.45) is 5.92 Å². The molecule has 176 valence electrons. The van der Waals surface area contributed by atoms with Crippen molar-refractivity contribution in [1.29, 1.82) is 0 Å². The quantitative estimate of drug-likeness (QED) is 0.471. The van der Waals surface area contributed by atoms with E-state index < -0.39 is 23.4 Å². The molecule has 0 saturated carbocycles. The zero-order chi connectivity index (χ0) is 23.8. The van der Waals surface area contributed by atoms with E-state index >= 15 is 0 Å². The molecule has 1 amide bonds. The molecule has 0 unspecified atom stereocenters. The van der Waals surface area contributed by atoms with Crippen molar-refractivity contribution in [1.82, 2.24) is 24.9 Å². The van der Waals surface area contributed by atoms with Crippen LogP contribution in [-0.4, -0.2) is 49.9 Å². The van der Waals surface area contributed by atoms with E-state index in [9.17, 15) is 18.0 Å². The molecule has 34 heavy (non-hydrogen) atoms. The molecule has 1 aliphatic rings. The molecule has 5 rings (SSSR count). The average molecular weight is 470 g/mol. The summed E-state index contributed by atoms with van der Waals surface area (Å²) >= 11 is 0. The Morgan fingerprint density at radius 1 is 1.15 bits per heavy atom. The third kappa shape index (κ3) is 4.09. The van der Waals surface area contributed by atoms with E-state index in [1.54, 1.807) is 4.90 Å². The number of fused-ring (bicyclic) bond motifs is 1. The van der Waals surface area contributed by atoms with Crippen LogP contribution in [0.25, 0.3) is 16.8 Å². The summed E-state index contributed by atoms with van der Waals surface area (Å²) in [6.45, 7) is 2.71. The standard InChI is InChI=1S/C23H21F3N6O2/c1-13-3-2-8-31(19(13)12-27-23-30-18-5-4-14(24)11-20(18)34-23)22(33)16-9-15(25)10-17(26)21(16)32-28-6-7-29-32/h4-7,9-11,13,19H,2-3,8,12H2,1H3,(H,27,30)/t13-,19-/m1/s1. The molecule has 4 aromatic rings. The minimum Gasteiger partial charge on any atom is -0.423 e. The van der Waals surface area contributed by atoms with Gasteiger partial charge in [-0.2, -0.15) is 15.2 Å². The fourth-order valence-corrected chi connectivity index (χ4v) is 4.40. The molecule has 2 aromatic heterocycles. The number of nitrogens with zero attached hydrogens (tertiary/aromatic N) is 5. The van der Waals surface area contributed by atoms with Crippen molar-refractivity contribution in [2.45, 2.75) is 25.8 Å². The minimum absolute atomic E-state index is 0.0942. The van der Waals surface area contributed by atoms with Crippen LogP contribution in [0.3, 0.4) is 0 Å². The number of halogens is 3. The number of rotatable bonds is 5. The highest BCUT2D eigenvalue weighted by atomic mass is 19.1. The Hall–Kier alpha value is -3.89. The van der Waals surface area contributed by atoms with Gasteiger partial charge in [0, 0.05) is 25.2 Å². The SMILES string of the molecule is C[C@@H]1CCCN(C(=O)c2cc(F)cc(F)c2-n2nccn2)[C@@H]1CNc1nc2ccc(F)cc2o1. The number of hydrogen-bond donors (Lipinski definition) is 1. The van der Waals surface area contributed by atoms with Crippen molar-refractivity contribution in [3.05, 3.63) is 65.7 Å². The molecule has 2 atom stereocenters. The first-order valence-corrected chi connectivity index (χ1v) is 10.9. The van der Waals surface area contributed by atoms with Gasteiger partial charge in [0.2, 0.25) is 0 Å². The van der Waals surface area contributed by atoms with Gasteiger partial charge in [0.1, 0.15) is 22.8 Å². The summed E-state index contributed by atoms with van der Waals surface area (Å²) in [4.78, 5) is 20.5. The predicted molar refractivity (Wildman–Crippen MR) is 117 cm³/mol. The molecule has 3 heterocycles. The summed E-state index contributed by atoms with van der Waals surface area (Å²) in [5, 5.41) is 10.9. The molecule has 0 spiro atoms. The topological polar surface area (TPSA) is 89.1 Å². The number of hydrogen-bond acceptors (Lipinski definition) is 6. The molecular formula is C23H21F3N6O2. The Morgan fingerprint density at radius 2 is 1.94 bits per heavy atom. The number of piperidine rings is 1. The Balaban J connectivity index is 1.43. The van der Waals surface area contributed by atoms with Gasteiger partial charge in [-0.25, -0.2) is 13.2 Å². The molecule has 1 fully saturated rings. The highest BCUT2D eigenvalue weighted by Gasteiger charge is 2.34. The number of anilines is 1. The molecule has 0 aliphatic carbocycles. The fraction of sp³-hybridized carbons (Fsp3) is 0.304. The van der Waals surface area contributed by atoms with Crippen LogP contribution in [0.1, 0.15) is 30.1 Å². The molecule has 0 bridgehead atoms.